The summed E-state index contributed by atoms with van der Waals surface area (Å²) in [6.45, 7) is 3.62. The van der Waals surface area contributed by atoms with Gasteiger partial charge in [-0.25, -0.2) is 13.8 Å². The van der Waals surface area contributed by atoms with E-state index in [0.717, 1.165) is 12.7 Å². The van der Waals surface area contributed by atoms with Gasteiger partial charge < -0.3 is 26.4 Å². The van der Waals surface area contributed by atoms with Crippen LogP contribution in [0.2, 0.25) is 0 Å². The minimum atomic E-state index is -0.485. The summed E-state index contributed by atoms with van der Waals surface area (Å²) in [5.74, 6) is -0.500. The predicted octanol–water partition coefficient (Wildman–Crippen LogP) is 2.25. The Labute approximate surface area is 163 Å². The van der Waals surface area contributed by atoms with Crippen LogP contribution >= 0.6 is 0 Å². The summed E-state index contributed by atoms with van der Waals surface area (Å²) in [5.41, 5.74) is 13.6. The zero-order valence-electron chi connectivity index (χ0n) is 16.2. The molecule has 1 heterocycles. The van der Waals surface area contributed by atoms with Crippen molar-refractivity contribution in [3.05, 3.63) is 70.3 Å². The summed E-state index contributed by atoms with van der Waals surface area (Å²) < 4.78 is 31.2. The number of ether oxygens (including phenoxy) is 1. The van der Waals surface area contributed by atoms with Gasteiger partial charge in [0.15, 0.2) is 0 Å². The Morgan fingerprint density at radius 3 is 2.21 bits per heavy atom. The molecule has 1 aliphatic heterocycles. The maximum absolute atomic E-state index is 13.2. The van der Waals surface area contributed by atoms with E-state index in [1.165, 1.54) is 12.1 Å². The van der Waals surface area contributed by atoms with Crippen molar-refractivity contribution in [2.75, 3.05) is 20.3 Å². The third kappa shape index (κ3) is 5.98. The molecule has 6 N–H and O–H groups in total. The first-order valence-electron chi connectivity index (χ1n) is 8.62. The van der Waals surface area contributed by atoms with Crippen LogP contribution in [0.15, 0.2) is 41.4 Å². The van der Waals surface area contributed by atoms with Crippen molar-refractivity contribution < 1.29 is 23.7 Å². The van der Waals surface area contributed by atoms with E-state index < -0.39 is 6.04 Å². The van der Waals surface area contributed by atoms with E-state index in [-0.39, 0.29) is 30.3 Å². The van der Waals surface area contributed by atoms with E-state index >= 15 is 0 Å². The van der Waals surface area contributed by atoms with Crippen LogP contribution in [0, 0.1) is 25.5 Å². The van der Waals surface area contributed by atoms with Crippen molar-refractivity contribution >= 4 is 6.02 Å². The molecule has 2 atom stereocenters. The lowest BCUT2D eigenvalue weighted by atomic mass is 10.0. The van der Waals surface area contributed by atoms with Gasteiger partial charge in [-0.3, -0.25) is 0 Å². The zero-order valence-corrected chi connectivity index (χ0v) is 16.2. The van der Waals surface area contributed by atoms with Gasteiger partial charge >= 0.3 is 0 Å². The van der Waals surface area contributed by atoms with Crippen LogP contribution in [0.25, 0.3) is 0 Å². The van der Waals surface area contributed by atoms with E-state index in [1.807, 2.05) is 6.07 Å². The highest BCUT2D eigenvalue weighted by atomic mass is 19.1. The van der Waals surface area contributed by atoms with Crippen LogP contribution in [0.4, 0.5) is 8.78 Å². The SMILES string of the molecule is CO.Cc1c(F)cccc1[C@H](N)CO.Cc1c(F)cccc1[C@H]1COC(N)=N1. The summed E-state index contributed by atoms with van der Waals surface area (Å²) >= 11 is 0. The van der Waals surface area contributed by atoms with Gasteiger partial charge in [-0.2, -0.15) is 0 Å². The van der Waals surface area contributed by atoms with Crippen molar-refractivity contribution in [1.29, 1.82) is 0 Å². The molecule has 0 amide bonds. The molecule has 8 heteroatoms. The largest absolute Gasteiger partial charge is 0.463 e. The predicted molar refractivity (Wildman–Crippen MR) is 105 cm³/mol. The first-order valence-corrected chi connectivity index (χ1v) is 8.62. The molecule has 6 nitrogen and oxygen atoms in total. The average molecular weight is 395 g/mol. The van der Waals surface area contributed by atoms with Gasteiger partial charge in [0.05, 0.1) is 12.6 Å². The zero-order chi connectivity index (χ0) is 21.3. The Balaban J connectivity index is 0.000000260. The molecule has 0 radical (unpaired) electrons. The van der Waals surface area contributed by atoms with Gasteiger partial charge in [-0.15, -0.1) is 0 Å². The molecular weight excluding hydrogens is 368 g/mol. The average Bonchev–Trinajstić information content (AvgIpc) is 3.14. The molecule has 0 unspecified atom stereocenters. The van der Waals surface area contributed by atoms with E-state index in [4.69, 9.17) is 26.4 Å². The van der Waals surface area contributed by atoms with Crippen LogP contribution in [0.5, 0.6) is 0 Å². The fourth-order valence-corrected chi connectivity index (χ4v) is 2.66. The number of hydrogen-bond donors (Lipinski definition) is 4. The number of benzene rings is 2. The topological polar surface area (TPSA) is 114 Å². The van der Waals surface area contributed by atoms with Crippen molar-refractivity contribution in [2.45, 2.75) is 25.9 Å². The smallest absolute Gasteiger partial charge is 0.282 e. The van der Waals surface area contributed by atoms with Gasteiger partial charge in [-0.1, -0.05) is 24.3 Å². The first kappa shape index (κ1) is 23.5. The van der Waals surface area contributed by atoms with E-state index in [9.17, 15) is 8.78 Å². The van der Waals surface area contributed by atoms with Crippen LogP contribution in [0.1, 0.15) is 34.3 Å². The minimum absolute atomic E-state index is 0.161. The molecule has 0 saturated carbocycles. The molecule has 0 fully saturated rings. The third-order valence-corrected chi connectivity index (χ3v) is 4.25. The minimum Gasteiger partial charge on any atom is -0.463 e. The summed E-state index contributed by atoms with van der Waals surface area (Å²) in [5, 5.41) is 15.8. The molecule has 0 spiro atoms. The van der Waals surface area contributed by atoms with Crippen molar-refractivity contribution in [3.8, 4) is 0 Å². The van der Waals surface area contributed by atoms with E-state index in [0.29, 0.717) is 23.3 Å². The summed E-state index contributed by atoms with van der Waals surface area (Å²) in [6, 6.07) is 9.16. The molecule has 2 aromatic carbocycles. The molecule has 1 aliphatic rings. The molecule has 0 aliphatic carbocycles. The highest BCUT2D eigenvalue weighted by molar-refractivity contribution is 5.73. The molecule has 0 aromatic heterocycles. The number of aliphatic hydroxyl groups is 2. The van der Waals surface area contributed by atoms with Crippen LogP contribution in [0.3, 0.4) is 0 Å². The summed E-state index contributed by atoms with van der Waals surface area (Å²) in [7, 11) is 1.00. The lowest BCUT2D eigenvalue weighted by molar-refractivity contribution is 0.267. The molecule has 154 valence electrons. The number of aliphatic imine (C=N–C) groups is 1. The third-order valence-electron chi connectivity index (χ3n) is 4.25. The Hall–Kier alpha value is -2.55. The molecule has 0 bridgehead atoms. The number of rotatable bonds is 3. The van der Waals surface area contributed by atoms with E-state index in [1.54, 1.807) is 32.0 Å². The number of amidine groups is 1. The van der Waals surface area contributed by atoms with Gasteiger partial charge in [-0.05, 0) is 48.2 Å². The highest BCUT2D eigenvalue weighted by Gasteiger charge is 2.21. The normalized spacial score (nSPS) is 16.0. The maximum Gasteiger partial charge on any atom is 0.282 e. The first-order chi connectivity index (χ1) is 13.3. The van der Waals surface area contributed by atoms with Crippen LogP contribution in [-0.2, 0) is 4.74 Å². The Kier molecular flexibility index (Phi) is 9.50. The van der Waals surface area contributed by atoms with E-state index in [2.05, 4.69) is 4.99 Å². The fourth-order valence-electron chi connectivity index (χ4n) is 2.66. The van der Waals surface area contributed by atoms with Gasteiger partial charge in [0.1, 0.15) is 24.3 Å². The lowest BCUT2D eigenvalue weighted by Gasteiger charge is -2.11. The number of nitrogens with zero attached hydrogens (tertiary/aromatic N) is 1. The monoisotopic (exact) mass is 395 g/mol. The number of hydrogen-bond acceptors (Lipinski definition) is 6. The lowest BCUT2D eigenvalue weighted by Crippen LogP contribution is -2.16. The van der Waals surface area contributed by atoms with Crippen molar-refractivity contribution in [2.24, 2.45) is 16.5 Å². The Morgan fingerprint density at radius 2 is 1.68 bits per heavy atom. The molecule has 28 heavy (non-hydrogen) atoms. The van der Waals surface area contributed by atoms with Crippen LogP contribution < -0.4 is 11.5 Å². The molecular formula is C20H27F2N3O3. The number of nitrogens with two attached hydrogens (primary N) is 2. The quantitative estimate of drug-likeness (QED) is 0.637. The second-order valence-corrected chi connectivity index (χ2v) is 5.99. The Morgan fingerprint density at radius 1 is 1.11 bits per heavy atom. The number of halogens is 2. The second kappa shape index (κ2) is 11.3. The molecule has 3 rings (SSSR count). The van der Waals surface area contributed by atoms with Crippen LogP contribution in [-0.4, -0.2) is 36.6 Å². The highest BCUT2D eigenvalue weighted by Crippen LogP contribution is 2.26. The summed E-state index contributed by atoms with van der Waals surface area (Å²) in [4.78, 5) is 4.07. The number of aliphatic hydroxyl groups excluding tert-OH is 2. The second-order valence-electron chi connectivity index (χ2n) is 5.99. The van der Waals surface area contributed by atoms with Crippen molar-refractivity contribution in [1.82, 2.24) is 0 Å². The van der Waals surface area contributed by atoms with Crippen molar-refractivity contribution in [3.63, 3.8) is 0 Å². The maximum atomic E-state index is 13.2. The molecule has 2 aromatic rings. The molecule has 0 saturated heterocycles. The fraction of sp³-hybridized carbons (Fsp3) is 0.350. The summed E-state index contributed by atoms with van der Waals surface area (Å²) in [6.07, 6.45) is 0. The van der Waals surface area contributed by atoms with Gasteiger partial charge in [0, 0.05) is 7.11 Å². The van der Waals surface area contributed by atoms with Gasteiger partial charge in [0.25, 0.3) is 6.02 Å². The standard InChI is InChI=1S/C10H11FN2O.C9H12FNO.CH4O/c1-6-7(3-2-4-8(6)11)9-5-14-10(12)13-9;1-6-7(9(11)5-12)3-2-4-8(6)10;1-2/h2-4,9H,5H2,1H3,(H2,12,13);2-4,9,12H,5,11H2,1H3;2H,1H3/t2*9-;/m11./s1. The Bertz CT molecular complexity index is 800. The van der Waals surface area contributed by atoms with Gasteiger partial charge in [0.2, 0.25) is 0 Å².